The third kappa shape index (κ3) is 7.38. The molecule has 2 aromatic heterocycles. The molecule has 0 aromatic carbocycles. The molecule has 0 unspecified atom stereocenters. The minimum Gasteiger partial charge on any atom is -0.469 e. The van der Waals surface area contributed by atoms with Crippen molar-refractivity contribution in [3.05, 3.63) is 78.7 Å². The van der Waals surface area contributed by atoms with Gasteiger partial charge in [-0.2, -0.15) is 0 Å². The van der Waals surface area contributed by atoms with Gasteiger partial charge in [0.1, 0.15) is 0 Å². The fourth-order valence-electron chi connectivity index (χ4n) is 6.57. The van der Waals surface area contributed by atoms with Crippen LogP contribution in [-0.2, 0) is 31.9 Å². The van der Waals surface area contributed by atoms with Gasteiger partial charge < -0.3 is 19.4 Å². The Morgan fingerprint density at radius 1 is 0.717 bits per heavy atom. The fraction of sp³-hybridized carbons (Fsp3) is 0.459. The summed E-state index contributed by atoms with van der Waals surface area (Å²) in [6.07, 6.45) is 8.14. The van der Waals surface area contributed by atoms with Crippen LogP contribution < -0.4 is 0 Å². The normalized spacial score (nSPS) is 16.7. The van der Waals surface area contributed by atoms with Crippen LogP contribution in [-0.4, -0.2) is 53.4 Å². The second-order valence-corrected chi connectivity index (χ2v) is 12.4. The number of aromatic amines is 2. The largest absolute Gasteiger partial charge is 0.469 e. The van der Waals surface area contributed by atoms with Crippen molar-refractivity contribution in [2.45, 2.75) is 93.4 Å². The van der Waals surface area contributed by atoms with E-state index in [1.807, 2.05) is 6.92 Å². The van der Waals surface area contributed by atoms with E-state index in [1.165, 1.54) is 31.0 Å². The predicted molar refractivity (Wildman–Crippen MR) is 188 cm³/mol. The van der Waals surface area contributed by atoms with Crippen LogP contribution >= 0.6 is 11.6 Å². The zero-order valence-electron chi connectivity index (χ0n) is 28.7. The standard InChI is InChI=1S/C37H47ClN4O4/c1-10-26-20(2)30(39-24(26)6)17-32-23(5)29(15-16-38)35(41-32)19-33-22(4)28(12-14-37(44)46-9)34(42-33)18-31-21(3)27(25(7)40-31)11-13-36(43)45-8/h17-18,39-40H,10-16,19H2,1-9H3/b32-17+,34-18-. The molecule has 46 heavy (non-hydrogen) atoms. The maximum Gasteiger partial charge on any atom is 0.305 e. The van der Waals surface area contributed by atoms with Crippen LogP contribution in [0.1, 0.15) is 97.9 Å². The van der Waals surface area contributed by atoms with Gasteiger partial charge >= 0.3 is 11.9 Å². The SMILES string of the molecule is CCc1c(C)[nH]c(/C=C2/N=C(CC3=N/C(=C\c4[nH]c(C)c(CCC(=O)OC)c4C)C(CCC(=O)OC)=C3C)C(CCCl)=C2C)c1C. The van der Waals surface area contributed by atoms with Crippen LogP contribution in [0.5, 0.6) is 0 Å². The first-order chi connectivity index (χ1) is 21.9. The van der Waals surface area contributed by atoms with E-state index >= 15 is 0 Å². The number of carbonyl (C=O) groups is 2. The second kappa shape index (κ2) is 15.1. The summed E-state index contributed by atoms with van der Waals surface area (Å²) < 4.78 is 9.80. The summed E-state index contributed by atoms with van der Waals surface area (Å²) >= 11 is 6.30. The molecule has 0 fully saturated rings. The van der Waals surface area contributed by atoms with Gasteiger partial charge in [0.15, 0.2) is 0 Å². The van der Waals surface area contributed by atoms with Crippen molar-refractivity contribution in [2.75, 3.05) is 20.1 Å². The van der Waals surface area contributed by atoms with Gasteiger partial charge in [0.05, 0.1) is 37.0 Å². The van der Waals surface area contributed by atoms with Crippen LogP contribution in [0.2, 0.25) is 0 Å². The summed E-state index contributed by atoms with van der Waals surface area (Å²) in [6, 6.07) is 0. The van der Waals surface area contributed by atoms with E-state index in [0.29, 0.717) is 31.6 Å². The minimum absolute atomic E-state index is 0.233. The van der Waals surface area contributed by atoms with E-state index < -0.39 is 0 Å². The van der Waals surface area contributed by atoms with E-state index in [9.17, 15) is 9.59 Å². The molecule has 2 N–H and O–H groups in total. The Morgan fingerprint density at radius 3 is 1.83 bits per heavy atom. The van der Waals surface area contributed by atoms with E-state index in [-0.39, 0.29) is 18.4 Å². The Labute approximate surface area is 277 Å². The van der Waals surface area contributed by atoms with Gasteiger partial charge in [0.2, 0.25) is 0 Å². The number of aliphatic imine (C=N–C) groups is 2. The van der Waals surface area contributed by atoms with Crippen LogP contribution in [0.25, 0.3) is 12.2 Å². The number of ether oxygens (including phenoxy) is 2. The average Bonchev–Trinajstić information content (AvgIpc) is 3.67. The Kier molecular flexibility index (Phi) is 11.5. The van der Waals surface area contributed by atoms with Crippen molar-refractivity contribution < 1.29 is 19.1 Å². The molecular formula is C37H47ClN4O4. The number of halogens is 1. The number of rotatable bonds is 13. The van der Waals surface area contributed by atoms with E-state index in [0.717, 1.165) is 86.2 Å². The lowest BCUT2D eigenvalue weighted by molar-refractivity contribution is -0.141. The van der Waals surface area contributed by atoms with Crippen molar-refractivity contribution in [3.8, 4) is 0 Å². The average molecular weight is 647 g/mol. The summed E-state index contributed by atoms with van der Waals surface area (Å²) in [5.74, 6) is 0.00683. The molecule has 0 saturated carbocycles. The summed E-state index contributed by atoms with van der Waals surface area (Å²) in [5.41, 5.74) is 17.0. The number of aryl methyl sites for hydroxylation is 2. The van der Waals surface area contributed by atoms with Crippen molar-refractivity contribution in [3.63, 3.8) is 0 Å². The Balaban J connectivity index is 1.73. The van der Waals surface area contributed by atoms with Gasteiger partial charge in [0, 0.05) is 47.9 Å². The second-order valence-electron chi connectivity index (χ2n) is 12.0. The molecule has 4 rings (SSSR count). The highest BCUT2D eigenvalue weighted by atomic mass is 35.5. The Bertz CT molecular complexity index is 1720. The number of aromatic nitrogens is 2. The monoisotopic (exact) mass is 646 g/mol. The zero-order valence-corrected chi connectivity index (χ0v) is 29.5. The van der Waals surface area contributed by atoms with Gasteiger partial charge in [-0.3, -0.25) is 19.6 Å². The number of esters is 2. The minimum atomic E-state index is -0.260. The molecule has 0 aliphatic carbocycles. The molecule has 8 nitrogen and oxygen atoms in total. The van der Waals surface area contributed by atoms with Gasteiger partial charge in [-0.25, -0.2) is 0 Å². The number of alkyl halides is 1. The van der Waals surface area contributed by atoms with E-state index in [2.05, 4.69) is 63.7 Å². The van der Waals surface area contributed by atoms with Crippen LogP contribution in [0.15, 0.2) is 43.7 Å². The smallest absolute Gasteiger partial charge is 0.305 e. The first-order valence-corrected chi connectivity index (χ1v) is 16.5. The highest BCUT2D eigenvalue weighted by Crippen LogP contribution is 2.36. The lowest BCUT2D eigenvalue weighted by Crippen LogP contribution is -2.10. The highest BCUT2D eigenvalue weighted by molar-refractivity contribution is 6.22. The number of methoxy groups -OCH3 is 2. The number of nitrogens with zero attached hydrogens (tertiary/aromatic N) is 2. The van der Waals surface area contributed by atoms with Gasteiger partial charge in [-0.05, 0) is 124 Å². The number of hydrogen-bond donors (Lipinski definition) is 2. The quantitative estimate of drug-likeness (QED) is 0.169. The molecule has 246 valence electrons. The summed E-state index contributed by atoms with van der Waals surface area (Å²) in [4.78, 5) is 41.3. The topological polar surface area (TPSA) is 109 Å². The Hall–Kier alpha value is -3.91. The molecule has 0 spiro atoms. The molecule has 0 amide bonds. The van der Waals surface area contributed by atoms with Crippen molar-refractivity contribution in [2.24, 2.45) is 9.98 Å². The molecule has 2 aliphatic heterocycles. The molecule has 0 saturated heterocycles. The molecule has 0 atom stereocenters. The van der Waals surface area contributed by atoms with Gasteiger partial charge in [0.25, 0.3) is 0 Å². The molecule has 9 heteroatoms. The summed E-state index contributed by atoms with van der Waals surface area (Å²) in [7, 11) is 2.82. The van der Waals surface area contributed by atoms with Crippen LogP contribution in [0.3, 0.4) is 0 Å². The lowest BCUT2D eigenvalue weighted by Gasteiger charge is -2.08. The molecule has 2 aliphatic rings. The lowest BCUT2D eigenvalue weighted by atomic mass is 9.95. The third-order valence-electron chi connectivity index (χ3n) is 9.36. The maximum atomic E-state index is 12.2. The number of carbonyl (C=O) groups excluding carboxylic acids is 2. The molecule has 2 aromatic rings. The number of nitrogens with one attached hydrogen (secondary N) is 2. The summed E-state index contributed by atoms with van der Waals surface area (Å²) in [5, 5.41) is 0. The van der Waals surface area contributed by atoms with E-state index in [4.69, 9.17) is 31.1 Å². The number of hydrogen-bond acceptors (Lipinski definition) is 6. The highest BCUT2D eigenvalue weighted by Gasteiger charge is 2.27. The zero-order chi connectivity index (χ0) is 33.7. The first-order valence-electron chi connectivity index (χ1n) is 16.0. The van der Waals surface area contributed by atoms with E-state index in [1.54, 1.807) is 0 Å². The van der Waals surface area contributed by atoms with Gasteiger partial charge in [-0.15, -0.1) is 11.6 Å². The maximum absolute atomic E-state index is 12.2. The fourth-order valence-corrected chi connectivity index (χ4v) is 6.75. The Morgan fingerprint density at radius 2 is 1.26 bits per heavy atom. The van der Waals surface area contributed by atoms with Crippen LogP contribution in [0.4, 0.5) is 0 Å². The number of allylic oxidation sites excluding steroid dienone is 4. The van der Waals surface area contributed by atoms with Crippen molar-refractivity contribution >= 4 is 47.1 Å². The van der Waals surface area contributed by atoms with Gasteiger partial charge in [-0.1, -0.05) is 6.92 Å². The van der Waals surface area contributed by atoms with Crippen LogP contribution in [0, 0.1) is 27.7 Å². The van der Waals surface area contributed by atoms with Crippen molar-refractivity contribution in [1.82, 2.24) is 9.97 Å². The number of H-pyrrole nitrogens is 2. The predicted octanol–water partition coefficient (Wildman–Crippen LogP) is 8.14. The van der Waals surface area contributed by atoms with Crippen molar-refractivity contribution in [1.29, 1.82) is 0 Å². The molecule has 4 heterocycles. The molecule has 0 radical (unpaired) electrons. The first kappa shape index (κ1) is 35.0. The molecule has 0 bridgehead atoms. The molecular weight excluding hydrogens is 600 g/mol. The summed E-state index contributed by atoms with van der Waals surface area (Å²) in [6.45, 7) is 14.7. The third-order valence-corrected chi connectivity index (χ3v) is 9.55.